The summed E-state index contributed by atoms with van der Waals surface area (Å²) >= 11 is 0. The molecule has 0 fully saturated rings. The lowest BCUT2D eigenvalue weighted by Gasteiger charge is -2.32. The van der Waals surface area contributed by atoms with Gasteiger partial charge in [0.15, 0.2) is 0 Å². The molecule has 0 aromatic rings. The molecule has 0 rings (SSSR count). The Balaban J connectivity index is 4.23. The van der Waals surface area contributed by atoms with Gasteiger partial charge in [0.05, 0.1) is 5.84 Å². The summed E-state index contributed by atoms with van der Waals surface area (Å²) in [6.45, 7) is 15.7. The highest BCUT2D eigenvalue weighted by Crippen LogP contribution is 2.23. The summed E-state index contributed by atoms with van der Waals surface area (Å²) in [5.41, 5.74) is 5.50. The minimum absolute atomic E-state index is 0.141. The fourth-order valence-electron chi connectivity index (χ4n) is 2.71. The van der Waals surface area contributed by atoms with Gasteiger partial charge in [0, 0.05) is 18.0 Å². The Morgan fingerprint density at radius 2 is 1.70 bits per heavy atom. The number of unbranched alkanes of at least 4 members (excludes halogenated alkanes) is 1. The number of amidine groups is 1. The second-order valence-corrected chi connectivity index (χ2v) is 7.11. The van der Waals surface area contributed by atoms with Gasteiger partial charge in [0.2, 0.25) is 0 Å². The summed E-state index contributed by atoms with van der Waals surface area (Å²) < 4.78 is 0. The van der Waals surface area contributed by atoms with Crippen LogP contribution in [-0.4, -0.2) is 29.9 Å². The lowest BCUT2D eigenvalue weighted by molar-refractivity contribution is 0.161. The lowest BCUT2D eigenvalue weighted by Crippen LogP contribution is -2.38. The van der Waals surface area contributed by atoms with E-state index >= 15 is 0 Å². The molecule has 0 aliphatic carbocycles. The van der Waals surface area contributed by atoms with E-state index in [0.717, 1.165) is 24.8 Å². The molecule has 0 aliphatic heterocycles. The summed E-state index contributed by atoms with van der Waals surface area (Å²) in [7, 11) is 0. The van der Waals surface area contributed by atoms with Crippen LogP contribution < -0.4 is 5.73 Å². The highest BCUT2D eigenvalue weighted by molar-refractivity contribution is 5.82. The average Bonchev–Trinajstić information content (AvgIpc) is 2.34. The molecule has 0 unspecified atom stereocenters. The Kier molecular flexibility index (Phi) is 9.11. The number of nitrogens with one attached hydrogen (secondary N) is 1. The Morgan fingerprint density at radius 1 is 1.15 bits per heavy atom. The monoisotopic (exact) mass is 283 g/mol. The predicted octanol–water partition coefficient (Wildman–Crippen LogP) is 4.27. The minimum Gasteiger partial charge on any atom is -0.387 e. The van der Waals surface area contributed by atoms with Crippen LogP contribution in [0.4, 0.5) is 0 Å². The first-order chi connectivity index (χ1) is 9.24. The van der Waals surface area contributed by atoms with Crippen LogP contribution in [-0.2, 0) is 0 Å². The van der Waals surface area contributed by atoms with Gasteiger partial charge in [-0.15, -0.1) is 0 Å². The van der Waals surface area contributed by atoms with Crippen LogP contribution in [0.5, 0.6) is 0 Å². The molecule has 0 aromatic heterocycles. The molecule has 120 valence electrons. The molecule has 0 aromatic carbocycles. The fourth-order valence-corrected chi connectivity index (χ4v) is 2.71. The van der Waals surface area contributed by atoms with E-state index in [1.807, 2.05) is 0 Å². The highest BCUT2D eigenvalue weighted by atomic mass is 15.1. The summed E-state index contributed by atoms with van der Waals surface area (Å²) in [5, 5.41) is 7.60. The molecule has 0 atom stereocenters. The van der Waals surface area contributed by atoms with Crippen LogP contribution in [0.2, 0.25) is 0 Å². The van der Waals surface area contributed by atoms with Gasteiger partial charge in [0.25, 0.3) is 0 Å². The Bertz CT molecular complexity index is 267. The smallest absolute Gasteiger partial charge is 0.0963 e. The van der Waals surface area contributed by atoms with E-state index in [2.05, 4.69) is 46.4 Å². The molecule has 0 spiro atoms. The number of nitrogens with zero attached hydrogens (tertiary/aromatic N) is 1. The third-order valence-corrected chi connectivity index (χ3v) is 4.28. The molecular formula is C17H37N3. The van der Waals surface area contributed by atoms with Crippen molar-refractivity contribution in [2.24, 2.45) is 17.1 Å². The normalized spacial score (nSPS) is 12.7. The zero-order chi connectivity index (χ0) is 15.8. The summed E-state index contributed by atoms with van der Waals surface area (Å²) in [6, 6.07) is 0.721. The average molecular weight is 284 g/mol. The van der Waals surface area contributed by atoms with E-state index in [-0.39, 0.29) is 5.41 Å². The van der Waals surface area contributed by atoms with Crippen LogP contribution in [0, 0.1) is 16.7 Å². The maximum atomic E-state index is 7.60. The molecule has 0 aliphatic rings. The predicted molar refractivity (Wildman–Crippen MR) is 90.3 cm³/mol. The first kappa shape index (κ1) is 19.4. The third-order valence-electron chi connectivity index (χ3n) is 4.28. The zero-order valence-corrected chi connectivity index (χ0v) is 14.6. The van der Waals surface area contributed by atoms with Gasteiger partial charge in [-0.1, -0.05) is 48.0 Å². The van der Waals surface area contributed by atoms with Gasteiger partial charge >= 0.3 is 0 Å². The van der Waals surface area contributed by atoms with E-state index < -0.39 is 0 Å². The van der Waals surface area contributed by atoms with E-state index in [0.29, 0.717) is 5.84 Å². The van der Waals surface area contributed by atoms with E-state index in [9.17, 15) is 0 Å². The Labute approximate surface area is 126 Å². The molecule has 0 saturated carbocycles. The van der Waals surface area contributed by atoms with Gasteiger partial charge in [-0.2, -0.15) is 0 Å². The standard InChI is InChI=1S/C17H37N3/c1-7-15(8-2)20(13-14(3)4)12-10-9-11-17(5,6)16(18)19/h14-15H,7-13H2,1-6H3,(H3,18,19). The Morgan fingerprint density at radius 3 is 2.10 bits per heavy atom. The van der Waals surface area contributed by atoms with Crippen LogP contribution in [0.15, 0.2) is 0 Å². The second-order valence-electron chi connectivity index (χ2n) is 7.11. The summed E-state index contributed by atoms with van der Waals surface area (Å²) in [4.78, 5) is 2.66. The number of nitrogens with two attached hydrogens (primary N) is 1. The maximum absolute atomic E-state index is 7.60. The van der Waals surface area contributed by atoms with Crippen molar-refractivity contribution in [3.63, 3.8) is 0 Å². The van der Waals surface area contributed by atoms with Crippen LogP contribution >= 0.6 is 0 Å². The molecular weight excluding hydrogens is 246 g/mol. The van der Waals surface area contributed by atoms with Crippen molar-refractivity contribution in [2.75, 3.05) is 13.1 Å². The zero-order valence-electron chi connectivity index (χ0n) is 14.6. The fraction of sp³-hybridized carbons (Fsp3) is 0.941. The number of hydrogen-bond donors (Lipinski definition) is 2. The van der Waals surface area contributed by atoms with E-state index in [1.165, 1.54) is 32.4 Å². The first-order valence-corrected chi connectivity index (χ1v) is 8.33. The SMILES string of the molecule is CCC(CC)N(CCCCC(C)(C)C(=N)N)CC(C)C. The first-order valence-electron chi connectivity index (χ1n) is 8.33. The largest absolute Gasteiger partial charge is 0.387 e. The molecule has 0 heterocycles. The maximum Gasteiger partial charge on any atom is 0.0963 e. The molecule has 20 heavy (non-hydrogen) atoms. The summed E-state index contributed by atoms with van der Waals surface area (Å²) in [6.07, 6.45) is 5.85. The van der Waals surface area contributed by atoms with Crippen LogP contribution in [0.25, 0.3) is 0 Å². The molecule has 0 saturated heterocycles. The van der Waals surface area contributed by atoms with E-state index in [1.54, 1.807) is 0 Å². The highest BCUT2D eigenvalue weighted by Gasteiger charge is 2.21. The van der Waals surface area contributed by atoms with Gasteiger partial charge in [0.1, 0.15) is 0 Å². The van der Waals surface area contributed by atoms with Crippen molar-refractivity contribution in [1.82, 2.24) is 4.90 Å². The minimum atomic E-state index is -0.141. The Hall–Kier alpha value is -0.570. The van der Waals surface area contributed by atoms with Crippen LogP contribution in [0.3, 0.4) is 0 Å². The van der Waals surface area contributed by atoms with Crippen molar-refractivity contribution in [1.29, 1.82) is 5.41 Å². The summed E-state index contributed by atoms with van der Waals surface area (Å²) in [5.74, 6) is 1.04. The van der Waals surface area contributed by atoms with Crippen molar-refractivity contribution in [2.45, 2.75) is 79.7 Å². The molecule has 3 heteroatoms. The van der Waals surface area contributed by atoms with Crippen molar-refractivity contribution in [3.8, 4) is 0 Å². The topological polar surface area (TPSA) is 53.1 Å². The molecule has 0 radical (unpaired) electrons. The molecule has 0 bridgehead atoms. The van der Waals surface area contributed by atoms with Gasteiger partial charge in [-0.25, -0.2) is 0 Å². The number of hydrogen-bond acceptors (Lipinski definition) is 2. The van der Waals surface area contributed by atoms with Crippen molar-refractivity contribution < 1.29 is 0 Å². The van der Waals surface area contributed by atoms with Crippen molar-refractivity contribution in [3.05, 3.63) is 0 Å². The van der Waals surface area contributed by atoms with Gasteiger partial charge < -0.3 is 10.6 Å². The van der Waals surface area contributed by atoms with E-state index in [4.69, 9.17) is 11.1 Å². The molecule has 3 N–H and O–H groups in total. The van der Waals surface area contributed by atoms with Gasteiger partial charge in [-0.05, 0) is 38.1 Å². The second kappa shape index (κ2) is 9.38. The lowest BCUT2D eigenvalue weighted by atomic mass is 9.86. The van der Waals surface area contributed by atoms with Crippen molar-refractivity contribution >= 4 is 5.84 Å². The quantitative estimate of drug-likeness (QED) is 0.338. The number of rotatable bonds is 11. The van der Waals surface area contributed by atoms with Crippen LogP contribution in [0.1, 0.15) is 73.6 Å². The molecule has 0 amide bonds. The van der Waals surface area contributed by atoms with Gasteiger partial charge in [-0.3, -0.25) is 5.41 Å². The third kappa shape index (κ3) is 7.28. The molecule has 3 nitrogen and oxygen atoms in total.